The Bertz CT molecular complexity index is 520. The summed E-state index contributed by atoms with van der Waals surface area (Å²) in [5, 5.41) is 12.0. The Morgan fingerprint density at radius 1 is 1.38 bits per heavy atom. The van der Waals surface area contributed by atoms with Crippen LogP contribution < -0.4 is 5.32 Å². The van der Waals surface area contributed by atoms with Crippen LogP contribution in [0.25, 0.3) is 0 Å². The van der Waals surface area contributed by atoms with E-state index in [1.807, 2.05) is 13.8 Å². The molecule has 1 rings (SSSR count). The molecule has 0 fully saturated rings. The molecule has 2 N–H and O–H groups in total. The number of hydrogen-bond acceptors (Lipinski definition) is 2. The number of aliphatic carboxylic acids is 1. The molecule has 0 radical (unpaired) electrons. The highest BCUT2D eigenvalue weighted by Crippen LogP contribution is 2.21. The maximum atomic E-state index is 12.1. The van der Waals surface area contributed by atoms with Crippen molar-refractivity contribution in [2.24, 2.45) is 11.8 Å². The lowest BCUT2D eigenvalue weighted by molar-refractivity contribution is -0.138. The van der Waals surface area contributed by atoms with Crippen molar-refractivity contribution in [3.63, 3.8) is 0 Å². The van der Waals surface area contributed by atoms with E-state index in [-0.39, 0.29) is 18.2 Å². The number of halogens is 2. The molecule has 6 heteroatoms. The molecule has 1 aromatic carbocycles. The third-order valence-electron chi connectivity index (χ3n) is 3.00. The summed E-state index contributed by atoms with van der Waals surface area (Å²) in [4.78, 5) is 23.0. The summed E-state index contributed by atoms with van der Waals surface area (Å²) in [5.41, 5.74) is 0.387. The Kier molecular flexibility index (Phi) is 7.18. The van der Waals surface area contributed by atoms with Gasteiger partial charge in [-0.15, -0.1) is 0 Å². The van der Waals surface area contributed by atoms with E-state index < -0.39 is 5.97 Å². The highest BCUT2D eigenvalue weighted by Gasteiger charge is 2.17. The van der Waals surface area contributed by atoms with Crippen LogP contribution in [0.3, 0.4) is 0 Å². The first-order valence-electron chi connectivity index (χ1n) is 6.74. The zero-order valence-electron chi connectivity index (χ0n) is 12.0. The van der Waals surface area contributed by atoms with Crippen molar-refractivity contribution < 1.29 is 14.7 Å². The zero-order chi connectivity index (χ0) is 16.0. The van der Waals surface area contributed by atoms with Gasteiger partial charge < -0.3 is 10.4 Å². The van der Waals surface area contributed by atoms with Crippen molar-refractivity contribution in [2.45, 2.75) is 26.7 Å². The number of benzene rings is 1. The van der Waals surface area contributed by atoms with Gasteiger partial charge in [0.05, 0.1) is 10.6 Å². The molecule has 0 aliphatic heterocycles. The molecule has 116 valence electrons. The van der Waals surface area contributed by atoms with Gasteiger partial charge in [-0.3, -0.25) is 9.59 Å². The summed E-state index contributed by atoms with van der Waals surface area (Å²) in [5.74, 6) is -0.841. The lowest BCUT2D eigenvalue weighted by Crippen LogP contribution is -2.31. The molecule has 4 nitrogen and oxygen atoms in total. The average Bonchev–Trinajstić information content (AvgIpc) is 2.34. The Labute approximate surface area is 138 Å². The van der Waals surface area contributed by atoms with E-state index in [1.165, 1.54) is 0 Å². The van der Waals surface area contributed by atoms with E-state index in [0.29, 0.717) is 23.0 Å². The third-order valence-corrected chi connectivity index (χ3v) is 3.80. The van der Waals surface area contributed by atoms with Gasteiger partial charge >= 0.3 is 5.97 Å². The molecule has 1 atom stereocenters. The predicted molar refractivity (Wildman–Crippen MR) is 86.7 cm³/mol. The van der Waals surface area contributed by atoms with Crippen LogP contribution in [0.2, 0.25) is 5.02 Å². The molecule has 0 unspecified atom stereocenters. The Morgan fingerprint density at radius 2 is 2.05 bits per heavy atom. The van der Waals surface area contributed by atoms with Crippen LogP contribution in [0.1, 0.15) is 37.0 Å². The monoisotopic (exact) mass is 375 g/mol. The van der Waals surface area contributed by atoms with Gasteiger partial charge in [-0.25, -0.2) is 0 Å². The maximum absolute atomic E-state index is 12.1. The van der Waals surface area contributed by atoms with Crippen molar-refractivity contribution in [1.29, 1.82) is 0 Å². The number of carboxylic acids is 1. The Morgan fingerprint density at radius 3 is 2.57 bits per heavy atom. The van der Waals surface area contributed by atoms with Gasteiger partial charge in [0.15, 0.2) is 0 Å². The fourth-order valence-corrected chi connectivity index (χ4v) is 2.92. The highest BCUT2D eigenvalue weighted by molar-refractivity contribution is 9.10. The molecule has 0 heterocycles. The van der Waals surface area contributed by atoms with Crippen LogP contribution in [-0.2, 0) is 4.79 Å². The first kappa shape index (κ1) is 18.0. The smallest absolute Gasteiger partial charge is 0.303 e. The molecule has 0 aromatic heterocycles. The standard InChI is InChI=1S/C15H19BrClNO3/c1-9(2)5-10(6-14(19)20)8-18-15(21)12-4-3-11(16)7-13(12)17/h3-4,7,9-10H,5-6,8H2,1-2H3,(H,18,21)(H,19,20)/t10-/m0/s1. The minimum Gasteiger partial charge on any atom is -0.481 e. The lowest BCUT2D eigenvalue weighted by Gasteiger charge is -2.18. The predicted octanol–water partition coefficient (Wildman–Crippen LogP) is 3.97. The molecule has 0 saturated carbocycles. The van der Waals surface area contributed by atoms with E-state index >= 15 is 0 Å². The van der Waals surface area contributed by atoms with Gasteiger partial charge in [0.1, 0.15) is 0 Å². The molecule has 21 heavy (non-hydrogen) atoms. The molecule has 0 aliphatic carbocycles. The van der Waals surface area contributed by atoms with Gasteiger partial charge in [-0.05, 0) is 36.5 Å². The summed E-state index contributed by atoms with van der Waals surface area (Å²) >= 11 is 9.30. The van der Waals surface area contributed by atoms with Crippen molar-refractivity contribution in [2.75, 3.05) is 6.54 Å². The molecule has 0 aliphatic rings. The van der Waals surface area contributed by atoms with Gasteiger partial charge in [0.25, 0.3) is 5.91 Å². The summed E-state index contributed by atoms with van der Waals surface area (Å²) in [6.45, 7) is 4.39. The van der Waals surface area contributed by atoms with Crippen molar-refractivity contribution in [3.8, 4) is 0 Å². The number of nitrogens with one attached hydrogen (secondary N) is 1. The van der Waals surface area contributed by atoms with Crippen LogP contribution in [0.5, 0.6) is 0 Å². The van der Waals surface area contributed by atoms with Gasteiger partial charge in [0, 0.05) is 17.4 Å². The first-order valence-corrected chi connectivity index (χ1v) is 7.91. The van der Waals surface area contributed by atoms with Gasteiger partial charge in [-0.2, -0.15) is 0 Å². The molecule has 1 aromatic rings. The minimum absolute atomic E-state index is 0.0481. The number of rotatable bonds is 7. The molecule has 0 spiro atoms. The van der Waals surface area contributed by atoms with Gasteiger partial charge in [-0.1, -0.05) is 41.4 Å². The van der Waals surface area contributed by atoms with Crippen molar-refractivity contribution in [1.82, 2.24) is 5.32 Å². The Hall–Kier alpha value is -1.07. The summed E-state index contributed by atoms with van der Waals surface area (Å²) < 4.78 is 0.799. The fraction of sp³-hybridized carbons (Fsp3) is 0.467. The van der Waals surface area contributed by atoms with E-state index in [9.17, 15) is 9.59 Å². The van der Waals surface area contributed by atoms with Crippen LogP contribution in [0, 0.1) is 11.8 Å². The molecular weight excluding hydrogens is 358 g/mol. The number of hydrogen-bond donors (Lipinski definition) is 2. The van der Waals surface area contributed by atoms with E-state index in [2.05, 4.69) is 21.2 Å². The summed E-state index contributed by atoms with van der Waals surface area (Å²) in [7, 11) is 0. The third kappa shape index (κ3) is 6.48. The van der Waals surface area contributed by atoms with Crippen molar-refractivity contribution >= 4 is 39.4 Å². The lowest BCUT2D eigenvalue weighted by atomic mass is 9.94. The summed E-state index contributed by atoms with van der Waals surface area (Å²) in [6, 6.07) is 5.03. The molecular formula is C15H19BrClNO3. The van der Waals surface area contributed by atoms with E-state index in [1.54, 1.807) is 18.2 Å². The topological polar surface area (TPSA) is 66.4 Å². The minimum atomic E-state index is -0.850. The number of carbonyl (C=O) groups excluding carboxylic acids is 1. The number of carboxylic acid groups (broad SMARTS) is 1. The highest BCUT2D eigenvalue weighted by atomic mass is 79.9. The van der Waals surface area contributed by atoms with E-state index in [0.717, 1.165) is 10.9 Å². The summed E-state index contributed by atoms with van der Waals surface area (Å²) in [6.07, 6.45) is 0.799. The largest absolute Gasteiger partial charge is 0.481 e. The van der Waals surface area contributed by atoms with Crippen LogP contribution in [0.15, 0.2) is 22.7 Å². The normalized spacial score (nSPS) is 12.2. The second-order valence-electron chi connectivity index (χ2n) is 5.43. The van der Waals surface area contributed by atoms with Crippen LogP contribution >= 0.6 is 27.5 Å². The van der Waals surface area contributed by atoms with Crippen LogP contribution in [-0.4, -0.2) is 23.5 Å². The van der Waals surface area contributed by atoms with Crippen LogP contribution in [0.4, 0.5) is 0 Å². The maximum Gasteiger partial charge on any atom is 0.303 e. The van der Waals surface area contributed by atoms with Gasteiger partial charge in [0.2, 0.25) is 0 Å². The fourth-order valence-electron chi connectivity index (χ4n) is 2.16. The number of carbonyl (C=O) groups is 2. The first-order chi connectivity index (χ1) is 9.79. The van der Waals surface area contributed by atoms with Crippen molar-refractivity contribution in [3.05, 3.63) is 33.3 Å². The number of amides is 1. The second-order valence-corrected chi connectivity index (χ2v) is 6.75. The van der Waals surface area contributed by atoms with E-state index in [4.69, 9.17) is 16.7 Å². The molecule has 1 amide bonds. The SMILES string of the molecule is CC(C)C[C@H](CNC(=O)c1ccc(Br)cc1Cl)CC(=O)O. The average molecular weight is 377 g/mol. The quantitative estimate of drug-likeness (QED) is 0.756. The molecule has 0 saturated heterocycles. The Balaban J connectivity index is 2.65. The zero-order valence-corrected chi connectivity index (χ0v) is 14.4. The molecule has 0 bridgehead atoms. The second kappa shape index (κ2) is 8.39.